The summed E-state index contributed by atoms with van der Waals surface area (Å²) in [5, 5.41) is 12.8. The lowest BCUT2D eigenvalue weighted by Gasteiger charge is -2.12. The van der Waals surface area contributed by atoms with Crippen LogP contribution in [-0.2, 0) is 17.9 Å². The number of furan rings is 1. The molecular formula is C18H19N3O4S. The molecule has 0 atom stereocenters. The fraction of sp³-hybridized carbons (Fsp3) is 0.278. The Morgan fingerprint density at radius 1 is 1.27 bits per heavy atom. The van der Waals surface area contributed by atoms with Crippen molar-refractivity contribution in [3.8, 4) is 0 Å². The summed E-state index contributed by atoms with van der Waals surface area (Å²) in [5.74, 6) is 0.625. The molecule has 0 spiro atoms. The van der Waals surface area contributed by atoms with E-state index >= 15 is 0 Å². The van der Waals surface area contributed by atoms with E-state index in [9.17, 15) is 9.59 Å². The lowest BCUT2D eigenvalue weighted by molar-refractivity contribution is -0.118. The summed E-state index contributed by atoms with van der Waals surface area (Å²) in [5.41, 5.74) is 0.429. The normalized spacial score (nSPS) is 11.0. The van der Waals surface area contributed by atoms with Crippen LogP contribution in [-0.4, -0.2) is 32.9 Å². The molecule has 0 aliphatic heterocycles. The molecule has 8 heteroatoms. The van der Waals surface area contributed by atoms with Gasteiger partial charge in [-0.1, -0.05) is 23.9 Å². The molecule has 0 unspecified atom stereocenters. The second-order valence-corrected chi connectivity index (χ2v) is 6.53. The number of hydrogen-bond donors (Lipinski definition) is 2. The van der Waals surface area contributed by atoms with Crippen LogP contribution in [0.5, 0.6) is 0 Å². The Morgan fingerprint density at radius 3 is 2.88 bits per heavy atom. The maximum absolute atomic E-state index is 12.7. The highest BCUT2D eigenvalue weighted by Crippen LogP contribution is 2.18. The average Bonchev–Trinajstić information content (AvgIpc) is 3.18. The highest BCUT2D eigenvalue weighted by Gasteiger charge is 2.13. The first-order valence-electron chi connectivity index (χ1n) is 8.21. The molecule has 3 aromatic rings. The molecule has 0 bridgehead atoms. The standard InChI is InChI=1S/C18H19N3O4S/c22-9-4-8-21-17(24)14-6-1-2-7-15(14)20-18(21)26-12-16(23)19-11-13-5-3-10-25-13/h1-3,5-7,10,22H,4,8-9,11-12H2,(H,19,23). The Balaban J connectivity index is 1.74. The number of aliphatic hydroxyl groups excluding tert-OH is 1. The first-order chi connectivity index (χ1) is 12.7. The molecule has 1 aromatic carbocycles. The van der Waals surface area contributed by atoms with Crippen LogP contribution in [0.15, 0.2) is 57.0 Å². The van der Waals surface area contributed by atoms with Gasteiger partial charge in [0.05, 0.1) is 29.5 Å². The van der Waals surface area contributed by atoms with Gasteiger partial charge in [-0.15, -0.1) is 0 Å². The molecule has 2 N–H and O–H groups in total. The third kappa shape index (κ3) is 4.33. The van der Waals surface area contributed by atoms with Crippen LogP contribution in [0.25, 0.3) is 10.9 Å². The number of hydrogen-bond acceptors (Lipinski definition) is 6. The van der Waals surface area contributed by atoms with Gasteiger partial charge in [0.2, 0.25) is 5.91 Å². The Kier molecular flexibility index (Phi) is 6.08. The number of aliphatic hydroxyl groups is 1. The van der Waals surface area contributed by atoms with E-state index in [0.29, 0.717) is 41.3 Å². The van der Waals surface area contributed by atoms with E-state index in [2.05, 4.69) is 10.3 Å². The molecule has 2 aromatic heterocycles. The number of benzene rings is 1. The minimum atomic E-state index is -0.178. The molecule has 2 heterocycles. The summed E-state index contributed by atoms with van der Waals surface area (Å²) < 4.78 is 6.69. The zero-order valence-electron chi connectivity index (χ0n) is 14.1. The molecule has 1 amide bonds. The summed E-state index contributed by atoms with van der Waals surface area (Å²) >= 11 is 1.20. The number of carbonyl (C=O) groups is 1. The minimum absolute atomic E-state index is 0.0208. The van der Waals surface area contributed by atoms with Gasteiger partial charge in [-0.2, -0.15) is 0 Å². The van der Waals surface area contributed by atoms with E-state index < -0.39 is 0 Å². The van der Waals surface area contributed by atoms with Crippen LogP contribution in [0.3, 0.4) is 0 Å². The van der Waals surface area contributed by atoms with E-state index in [-0.39, 0.29) is 23.8 Å². The third-order valence-electron chi connectivity index (χ3n) is 3.74. The predicted molar refractivity (Wildman–Crippen MR) is 99.0 cm³/mol. The van der Waals surface area contributed by atoms with Crippen molar-refractivity contribution in [3.05, 3.63) is 58.8 Å². The fourth-order valence-electron chi connectivity index (χ4n) is 2.46. The maximum atomic E-state index is 12.7. The van der Waals surface area contributed by atoms with Gasteiger partial charge in [0.15, 0.2) is 5.16 Å². The summed E-state index contributed by atoms with van der Waals surface area (Å²) in [6.07, 6.45) is 1.99. The number of rotatable bonds is 8. The molecule has 0 saturated carbocycles. The van der Waals surface area contributed by atoms with Crippen molar-refractivity contribution in [3.63, 3.8) is 0 Å². The van der Waals surface area contributed by atoms with E-state index in [1.807, 2.05) is 6.07 Å². The highest BCUT2D eigenvalue weighted by atomic mass is 32.2. The molecule has 0 aliphatic rings. The number of fused-ring (bicyclic) bond motifs is 1. The predicted octanol–water partition coefficient (Wildman–Crippen LogP) is 1.78. The van der Waals surface area contributed by atoms with Crippen LogP contribution in [0, 0.1) is 0 Å². The Hall–Kier alpha value is -2.58. The fourth-order valence-corrected chi connectivity index (χ4v) is 3.32. The van der Waals surface area contributed by atoms with Crippen LogP contribution >= 0.6 is 11.8 Å². The highest BCUT2D eigenvalue weighted by molar-refractivity contribution is 7.99. The number of aromatic nitrogens is 2. The summed E-state index contributed by atoms with van der Waals surface area (Å²) in [6.45, 7) is 0.644. The van der Waals surface area contributed by atoms with E-state index in [1.165, 1.54) is 16.3 Å². The topological polar surface area (TPSA) is 97.4 Å². The van der Waals surface area contributed by atoms with Gasteiger partial charge in [-0.3, -0.25) is 14.2 Å². The van der Waals surface area contributed by atoms with Crippen LogP contribution in [0.1, 0.15) is 12.2 Å². The number of carbonyl (C=O) groups excluding carboxylic acids is 1. The van der Waals surface area contributed by atoms with Gasteiger partial charge < -0.3 is 14.8 Å². The van der Waals surface area contributed by atoms with Crippen molar-refractivity contribution in [1.29, 1.82) is 0 Å². The Morgan fingerprint density at radius 2 is 2.12 bits per heavy atom. The summed E-state index contributed by atoms with van der Waals surface area (Å²) in [4.78, 5) is 29.3. The zero-order valence-corrected chi connectivity index (χ0v) is 14.9. The smallest absolute Gasteiger partial charge is 0.262 e. The Labute approximate surface area is 154 Å². The molecule has 7 nitrogen and oxygen atoms in total. The van der Waals surface area contributed by atoms with Gasteiger partial charge in [0.25, 0.3) is 5.56 Å². The van der Waals surface area contributed by atoms with Crippen LogP contribution in [0.2, 0.25) is 0 Å². The number of thioether (sulfide) groups is 1. The Bertz CT molecular complexity index is 937. The first-order valence-corrected chi connectivity index (χ1v) is 9.20. The molecule has 0 fully saturated rings. The van der Waals surface area contributed by atoms with Gasteiger partial charge in [0, 0.05) is 13.2 Å². The van der Waals surface area contributed by atoms with Gasteiger partial charge in [-0.05, 0) is 30.7 Å². The molecule has 3 rings (SSSR count). The zero-order chi connectivity index (χ0) is 18.4. The lowest BCUT2D eigenvalue weighted by Crippen LogP contribution is -2.27. The molecule has 0 aliphatic carbocycles. The van der Waals surface area contributed by atoms with Crippen LogP contribution in [0.4, 0.5) is 0 Å². The molecular weight excluding hydrogens is 354 g/mol. The maximum Gasteiger partial charge on any atom is 0.262 e. The number of para-hydroxylation sites is 1. The van der Waals surface area contributed by atoms with Crippen molar-refractivity contribution < 1.29 is 14.3 Å². The van der Waals surface area contributed by atoms with Gasteiger partial charge in [0.1, 0.15) is 5.76 Å². The molecule has 136 valence electrons. The van der Waals surface area contributed by atoms with E-state index in [1.54, 1.807) is 36.6 Å². The number of nitrogens with zero attached hydrogens (tertiary/aromatic N) is 2. The quantitative estimate of drug-likeness (QED) is 0.461. The monoisotopic (exact) mass is 373 g/mol. The molecule has 0 radical (unpaired) electrons. The SMILES string of the molecule is O=C(CSc1nc2ccccc2c(=O)n1CCCO)NCc1ccco1. The second kappa shape index (κ2) is 8.68. The first kappa shape index (κ1) is 18.2. The third-order valence-corrected chi connectivity index (χ3v) is 4.72. The summed E-state index contributed by atoms with van der Waals surface area (Å²) in [6, 6.07) is 10.6. The lowest BCUT2D eigenvalue weighted by atomic mass is 10.2. The molecule has 0 saturated heterocycles. The second-order valence-electron chi connectivity index (χ2n) is 5.59. The van der Waals surface area contributed by atoms with Crippen molar-refractivity contribution >= 4 is 28.6 Å². The van der Waals surface area contributed by atoms with Crippen molar-refractivity contribution in [2.75, 3.05) is 12.4 Å². The van der Waals surface area contributed by atoms with Crippen molar-refractivity contribution in [2.24, 2.45) is 0 Å². The van der Waals surface area contributed by atoms with Crippen molar-refractivity contribution in [1.82, 2.24) is 14.9 Å². The number of nitrogens with one attached hydrogen (secondary N) is 1. The van der Waals surface area contributed by atoms with Crippen molar-refractivity contribution in [2.45, 2.75) is 24.7 Å². The van der Waals surface area contributed by atoms with Gasteiger partial charge in [-0.25, -0.2) is 4.98 Å². The average molecular weight is 373 g/mol. The summed E-state index contributed by atoms with van der Waals surface area (Å²) in [7, 11) is 0. The van der Waals surface area contributed by atoms with Crippen LogP contribution < -0.4 is 10.9 Å². The van der Waals surface area contributed by atoms with E-state index in [4.69, 9.17) is 9.52 Å². The molecule has 26 heavy (non-hydrogen) atoms. The van der Waals surface area contributed by atoms with Gasteiger partial charge >= 0.3 is 0 Å². The minimum Gasteiger partial charge on any atom is -0.467 e. The largest absolute Gasteiger partial charge is 0.467 e. The van der Waals surface area contributed by atoms with E-state index in [0.717, 1.165) is 0 Å². The number of amides is 1.